The van der Waals surface area contributed by atoms with E-state index in [0.717, 1.165) is 19.3 Å². The van der Waals surface area contributed by atoms with Crippen LogP contribution in [0.3, 0.4) is 0 Å². The summed E-state index contributed by atoms with van der Waals surface area (Å²) in [6, 6.07) is 0. The van der Waals surface area contributed by atoms with Crippen LogP contribution in [0.1, 0.15) is 97.8 Å². The second kappa shape index (κ2) is 23.4. The summed E-state index contributed by atoms with van der Waals surface area (Å²) in [7, 11) is 0. The van der Waals surface area contributed by atoms with E-state index < -0.39 is 5.97 Å². The summed E-state index contributed by atoms with van der Waals surface area (Å²) in [5, 5.41) is 8.32. The van der Waals surface area contributed by atoms with Gasteiger partial charge in [0.25, 0.3) is 0 Å². The van der Waals surface area contributed by atoms with Crippen LogP contribution in [-0.4, -0.2) is 23.7 Å². The van der Waals surface area contributed by atoms with Crippen molar-refractivity contribution in [2.24, 2.45) is 0 Å². The van der Waals surface area contributed by atoms with E-state index in [2.05, 4.69) is 32.1 Å². The first-order valence-electron chi connectivity index (χ1n) is 10.3. The first kappa shape index (κ1) is 26.6. The van der Waals surface area contributed by atoms with Crippen LogP contribution in [0.5, 0.6) is 0 Å². The summed E-state index contributed by atoms with van der Waals surface area (Å²) in [6.45, 7) is 6.69. The molecule has 26 heavy (non-hydrogen) atoms. The van der Waals surface area contributed by atoms with Gasteiger partial charge in [-0.3, -0.25) is 9.59 Å². The topological polar surface area (TPSA) is 63.6 Å². The summed E-state index contributed by atoms with van der Waals surface area (Å²) in [4.78, 5) is 21.0. The van der Waals surface area contributed by atoms with E-state index in [4.69, 9.17) is 9.84 Å². The van der Waals surface area contributed by atoms with Gasteiger partial charge in [0.1, 0.15) is 0 Å². The van der Waals surface area contributed by atoms with Gasteiger partial charge >= 0.3 is 11.9 Å². The molecule has 0 spiro atoms. The molecule has 0 atom stereocenters. The Hall–Kier alpha value is -1.58. The number of rotatable bonds is 15. The molecule has 0 aromatic heterocycles. The van der Waals surface area contributed by atoms with Gasteiger partial charge < -0.3 is 9.84 Å². The van der Waals surface area contributed by atoms with E-state index in [-0.39, 0.29) is 12.4 Å². The molecule has 0 saturated heterocycles. The van der Waals surface area contributed by atoms with Crippen molar-refractivity contribution >= 4 is 11.9 Å². The number of carbonyl (C=O) groups excluding carboxylic acids is 1. The van der Waals surface area contributed by atoms with E-state index in [1.807, 2.05) is 13.0 Å². The Morgan fingerprint density at radius 3 is 1.62 bits per heavy atom. The smallest absolute Gasteiger partial charge is 0.306 e. The lowest BCUT2D eigenvalue weighted by Crippen LogP contribution is -2.02. The highest BCUT2D eigenvalue weighted by Gasteiger charge is 1.97. The molecule has 0 aliphatic rings. The standard InChI is InChI=1S/C12H22O2.C10H18O2/c1-3-5-6-7-8-9-10-11-12(13)14-4-2;1-2-3-4-5-6-7-8-9-10(11)12/h8-9H,3-7,10-11H2,1-2H3;6-7H,2-5,8-9H2,1H3,(H,11,12). The van der Waals surface area contributed by atoms with Crippen LogP contribution in [0.2, 0.25) is 0 Å². The lowest BCUT2D eigenvalue weighted by atomic mass is 10.2. The number of carbonyl (C=O) groups is 2. The second-order valence-corrected chi connectivity index (χ2v) is 6.21. The van der Waals surface area contributed by atoms with Gasteiger partial charge in [-0.15, -0.1) is 0 Å². The van der Waals surface area contributed by atoms with Gasteiger partial charge in [-0.25, -0.2) is 0 Å². The molecule has 4 nitrogen and oxygen atoms in total. The average molecular weight is 369 g/mol. The van der Waals surface area contributed by atoms with Crippen molar-refractivity contribution in [3.63, 3.8) is 0 Å². The van der Waals surface area contributed by atoms with Crippen molar-refractivity contribution in [3.05, 3.63) is 24.3 Å². The molecule has 0 aliphatic heterocycles. The number of allylic oxidation sites excluding steroid dienone is 4. The third-order valence-corrected chi connectivity index (χ3v) is 3.63. The van der Waals surface area contributed by atoms with Crippen LogP contribution >= 0.6 is 0 Å². The quantitative estimate of drug-likeness (QED) is 0.205. The first-order valence-corrected chi connectivity index (χ1v) is 10.3. The predicted molar refractivity (Wildman–Crippen MR) is 109 cm³/mol. The van der Waals surface area contributed by atoms with Gasteiger partial charge in [0.15, 0.2) is 0 Å². The number of unbranched alkanes of at least 4 members (excludes halogenated alkanes) is 6. The zero-order valence-electron chi connectivity index (χ0n) is 17.2. The van der Waals surface area contributed by atoms with Crippen molar-refractivity contribution in [3.8, 4) is 0 Å². The Morgan fingerprint density at radius 1 is 0.731 bits per heavy atom. The second-order valence-electron chi connectivity index (χ2n) is 6.21. The van der Waals surface area contributed by atoms with Gasteiger partial charge in [0.05, 0.1) is 6.61 Å². The summed E-state index contributed by atoms with van der Waals surface area (Å²) >= 11 is 0. The number of carboxylic acids is 1. The fraction of sp³-hybridized carbons (Fsp3) is 0.727. The molecule has 0 aromatic carbocycles. The Kier molecular flexibility index (Phi) is 24.0. The maximum atomic E-state index is 10.9. The Balaban J connectivity index is 0. The summed E-state index contributed by atoms with van der Waals surface area (Å²) < 4.78 is 4.81. The molecule has 0 fully saturated rings. The number of esters is 1. The third kappa shape index (κ3) is 27.3. The highest BCUT2D eigenvalue weighted by molar-refractivity contribution is 5.69. The molecule has 0 saturated carbocycles. The minimum atomic E-state index is -0.715. The van der Waals surface area contributed by atoms with Crippen molar-refractivity contribution in [1.29, 1.82) is 0 Å². The Morgan fingerprint density at radius 2 is 1.19 bits per heavy atom. The number of hydrogen-bond acceptors (Lipinski definition) is 3. The molecule has 4 heteroatoms. The van der Waals surface area contributed by atoms with E-state index >= 15 is 0 Å². The Labute approximate surface area is 160 Å². The largest absolute Gasteiger partial charge is 0.481 e. The molecular formula is C22H40O4. The van der Waals surface area contributed by atoms with Crippen LogP contribution in [-0.2, 0) is 14.3 Å². The molecular weight excluding hydrogens is 328 g/mol. The van der Waals surface area contributed by atoms with Crippen LogP contribution in [0.15, 0.2) is 24.3 Å². The lowest BCUT2D eigenvalue weighted by Gasteiger charge is -1.98. The molecule has 0 amide bonds. The first-order chi connectivity index (χ1) is 12.6. The summed E-state index contributed by atoms with van der Waals surface area (Å²) in [6.07, 6.45) is 20.3. The number of ether oxygens (including phenoxy) is 1. The zero-order valence-corrected chi connectivity index (χ0v) is 17.2. The van der Waals surface area contributed by atoms with Gasteiger partial charge in [0.2, 0.25) is 0 Å². The van der Waals surface area contributed by atoms with E-state index in [9.17, 15) is 9.59 Å². The van der Waals surface area contributed by atoms with E-state index in [1.54, 1.807) is 0 Å². The molecule has 0 unspecified atom stereocenters. The predicted octanol–water partition coefficient (Wildman–Crippen LogP) is 6.45. The van der Waals surface area contributed by atoms with Crippen LogP contribution in [0.4, 0.5) is 0 Å². The molecule has 0 bridgehead atoms. The minimum absolute atomic E-state index is 0.0919. The number of carboxylic acid groups (broad SMARTS) is 1. The number of hydrogen-bond donors (Lipinski definition) is 1. The highest BCUT2D eigenvalue weighted by Crippen LogP contribution is 2.02. The molecule has 0 radical (unpaired) electrons. The van der Waals surface area contributed by atoms with Gasteiger partial charge in [-0.2, -0.15) is 0 Å². The molecule has 0 aliphatic carbocycles. The summed E-state index contributed by atoms with van der Waals surface area (Å²) in [5.41, 5.74) is 0. The zero-order chi connectivity index (χ0) is 19.9. The van der Waals surface area contributed by atoms with Crippen molar-refractivity contribution < 1.29 is 19.4 Å². The maximum absolute atomic E-state index is 10.9. The number of aliphatic carboxylic acids is 1. The Bertz CT molecular complexity index is 372. The average Bonchev–Trinajstić information content (AvgIpc) is 2.61. The minimum Gasteiger partial charge on any atom is -0.481 e. The van der Waals surface area contributed by atoms with Gasteiger partial charge in [-0.1, -0.05) is 63.8 Å². The van der Waals surface area contributed by atoms with Crippen molar-refractivity contribution in [2.75, 3.05) is 6.61 Å². The van der Waals surface area contributed by atoms with Crippen LogP contribution < -0.4 is 0 Å². The monoisotopic (exact) mass is 368 g/mol. The van der Waals surface area contributed by atoms with Crippen molar-refractivity contribution in [1.82, 2.24) is 0 Å². The SMILES string of the molecule is CCCCCC=CCCC(=O)O.CCCCCC=CCCC(=O)OCC. The van der Waals surface area contributed by atoms with Crippen LogP contribution in [0.25, 0.3) is 0 Å². The maximum Gasteiger partial charge on any atom is 0.306 e. The van der Waals surface area contributed by atoms with Crippen LogP contribution in [0, 0.1) is 0 Å². The fourth-order valence-electron chi connectivity index (χ4n) is 2.14. The van der Waals surface area contributed by atoms with Gasteiger partial charge in [-0.05, 0) is 45.4 Å². The molecule has 0 aromatic rings. The van der Waals surface area contributed by atoms with E-state index in [0.29, 0.717) is 19.4 Å². The normalized spacial score (nSPS) is 10.7. The lowest BCUT2D eigenvalue weighted by molar-refractivity contribution is -0.143. The molecule has 152 valence electrons. The third-order valence-electron chi connectivity index (χ3n) is 3.63. The highest BCUT2D eigenvalue weighted by atomic mass is 16.5. The molecule has 0 heterocycles. The summed E-state index contributed by atoms with van der Waals surface area (Å²) in [5.74, 6) is -0.807. The molecule has 0 rings (SSSR count). The fourth-order valence-corrected chi connectivity index (χ4v) is 2.14. The van der Waals surface area contributed by atoms with Crippen molar-refractivity contribution in [2.45, 2.75) is 97.8 Å². The molecule has 1 N–H and O–H groups in total. The van der Waals surface area contributed by atoms with E-state index in [1.165, 1.54) is 38.5 Å². The van der Waals surface area contributed by atoms with Gasteiger partial charge in [0, 0.05) is 12.8 Å².